The zero-order valence-corrected chi connectivity index (χ0v) is 22.5. The zero-order chi connectivity index (χ0) is 25.2. The molecule has 0 spiro atoms. The van der Waals surface area contributed by atoms with Gasteiger partial charge in [0.1, 0.15) is 0 Å². The van der Waals surface area contributed by atoms with Crippen LogP contribution >= 0.6 is 12.0 Å². The van der Waals surface area contributed by atoms with Gasteiger partial charge in [0, 0.05) is 5.25 Å². The Hall–Kier alpha value is -0.340. The molecule has 0 aromatic heterocycles. The van der Waals surface area contributed by atoms with Gasteiger partial charge in [0.05, 0.1) is 42.4 Å². The van der Waals surface area contributed by atoms with E-state index in [4.69, 9.17) is 4.18 Å². The van der Waals surface area contributed by atoms with Gasteiger partial charge in [0.15, 0.2) is 0 Å². The molecule has 3 saturated carbocycles. The van der Waals surface area contributed by atoms with Crippen LogP contribution in [-0.2, 0) is 8.98 Å². The third kappa shape index (κ3) is 4.15. The highest BCUT2D eigenvalue weighted by molar-refractivity contribution is 7.95. The van der Waals surface area contributed by atoms with Crippen molar-refractivity contribution in [2.45, 2.75) is 110 Å². The number of hydrogen-bond acceptors (Lipinski definition) is 7. The van der Waals surface area contributed by atoms with Crippen LogP contribution in [0.5, 0.6) is 0 Å². The summed E-state index contributed by atoms with van der Waals surface area (Å²) in [4.78, 5) is 13.0. The highest BCUT2D eigenvalue weighted by Crippen LogP contribution is 2.66. The van der Waals surface area contributed by atoms with Gasteiger partial charge in [0.25, 0.3) is 0 Å². The molecule has 13 atom stereocenters. The van der Waals surface area contributed by atoms with Gasteiger partial charge in [-0.05, 0) is 84.9 Å². The molecule has 4 fully saturated rings. The molecule has 3 aliphatic carbocycles. The van der Waals surface area contributed by atoms with Crippen molar-refractivity contribution in [2.75, 3.05) is 0 Å². The molecule has 4 rings (SSSR count). The second-order valence-corrected chi connectivity index (χ2v) is 13.9. The fourth-order valence-corrected chi connectivity index (χ4v) is 9.89. The maximum absolute atomic E-state index is 13.0. The number of carbonyl (C=O) groups excluding carboxylic acids is 1. The molecular formula is C27H46O6S. The van der Waals surface area contributed by atoms with Crippen LogP contribution in [0.1, 0.15) is 80.1 Å². The second-order valence-electron chi connectivity index (χ2n) is 13.0. The molecule has 0 aromatic rings. The predicted molar refractivity (Wildman–Crippen MR) is 133 cm³/mol. The largest absolute Gasteiger partial charge is 0.391 e. The molecule has 1 saturated heterocycles. The number of carbonyl (C=O) groups is 1. The predicted octanol–water partition coefficient (Wildman–Crippen LogP) is 3.79. The van der Waals surface area contributed by atoms with E-state index in [1.54, 1.807) is 0 Å². The van der Waals surface area contributed by atoms with E-state index in [9.17, 15) is 25.2 Å². The fourth-order valence-electron chi connectivity index (χ4n) is 8.41. The van der Waals surface area contributed by atoms with Gasteiger partial charge < -0.3 is 24.6 Å². The van der Waals surface area contributed by atoms with E-state index in [1.807, 2.05) is 6.92 Å². The van der Waals surface area contributed by atoms with Gasteiger partial charge in [0.2, 0.25) is 0 Å². The summed E-state index contributed by atoms with van der Waals surface area (Å²) >= 11 is 1.33. The molecule has 1 aliphatic heterocycles. The SMILES string of the molecule is CC(C)[C@H](C)[C@@H](O)[C@@H](O)[C@@H](C)[C@H]1CC[C@H]2[C@@H]3SOC(=O)[C@H]4C[C@H](O)[C@H](O)C[C@]4(C)[C@H]3CC[C@]12C. The van der Waals surface area contributed by atoms with E-state index in [1.165, 1.54) is 12.0 Å². The van der Waals surface area contributed by atoms with Crippen molar-refractivity contribution in [2.24, 2.45) is 52.3 Å². The van der Waals surface area contributed by atoms with E-state index in [0.29, 0.717) is 24.2 Å². The first-order valence-corrected chi connectivity index (χ1v) is 14.2. The van der Waals surface area contributed by atoms with Crippen molar-refractivity contribution < 1.29 is 29.4 Å². The average Bonchev–Trinajstić information content (AvgIpc) is 3.09. The molecule has 0 unspecified atom stereocenters. The van der Waals surface area contributed by atoms with Crippen molar-refractivity contribution in [3.05, 3.63) is 0 Å². The molecule has 1 heterocycles. The lowest BCUT2D eigenvalue weighted by Gasteiger charge is -2.55. The van der Waals surface area contributed by atoms with Gasteiger partial charge in [-0.3, -0.25) is 4.79 Å². The van der Waals surface area contributed by atoms with Crippen molar-refractivity contribution in [3.63, 3.8) is 0 Å². The highest BCUT2D eigenvalue weighted by Gasteiger charge is 2.63. The van der Waals surface area contributed by atoms with Crippen LogP contribution in [0.2, 0.25) is 0 Å². The molecule has 0 radical (unpaired) electrons. The minimum absolute atomic E-state index is 0.00472. The first-order chi connectivity index (χ1) is 15.8. The summed E-state index contributed by atoms with van der Waals surface area (Å²) in [7, 11) is 0. The Balaban J connectivity index is 1.58. The molecule has 6 nitrogen and oxygen atoms in total. The third-order valence-corrected chi connectivity index (χ3v) is 12.3. The summed E-state index contributed by atoms with van der Waals surface area (Å²) in [6.07, 6.45) is 1.49. The molecule has 0 bridgehead atoms. The summed E-state index contributed by atoms with van der Waals surface area (Å²) in [5, 5.41) is 43.0. The third-order valence-electron chi connectivity index (χ3n) is 11.1. The summed E-state index contributed by atoms with van der Waals surface area (Å²) in [5.41, 5.74) is -0.387. The van der Waals surface area contributed by atoms with Crippen LogP contribution in [0, 0.1) is 52.3 Å². The van der Waals surface area contributed by atoms with Crippen molar-refractivity contribution in [1.82, 2.24) is 0 Å². The summed E-state index contributed by atoms with van der Waals surface area (Å²) < 4.78 is 5.78. The minimum Gasteiger partial charge on any atom is -0.391 e. The zero-order valence-electron chi connectivity index (χ0n) is 21.7. The standard InChI is InChI=1S/C27H46O6S/c1-13(2)14(3)22(30)23(31)15(4)16-7-8-17-24-18(9-10-26(16,17)5)27(6)12-21(29)20(28)11-19(27)25(32)33-34-24/h13-24,28-31H,7-12H2,1-6H3/t14-,15-,16+,17-,18-,19+,20-,21+,22+,23-,24-,26+,27+/m0/s1. The number of hydrogen-bond donors (Lipinski definition) is 4. The number of aliphatic hydroxyl groups is 4. The first-order valence-electron chi connectivity index (χ1n) is 13.4. The normalized spacial score (nSPS) is 48.1. The summed E-state index contributed by atoms with van der Waals surface area (Å²) in [5.74, 6) is 0.555. The fraction of sp³-hybridized carbons (Fsp3) is 0.963. The Labute approximate surface area is 209 Å². The molecule has 0 amide bonds. The lowest BCUT2D eigenvalue weighted by atomic mass is 9.51. The first kappa shape index (κ1) is 26.7. The number of aliphatic hydroxyl groups excluding tert-OH is 4. The smallest absolute Gasteiger partial charge is 0.321 e. The van der Waals surface area contributed by atoms with Crippen LogP contribution in [0.3, 0.4) is 0 Å². The molecule has 34 heavy (non-hydrogen) atoms. The van der Waals surface area contributed by atoms with Crippen LogP contribution in [-0.4, -0.2) is 56.1 Å². The van der Waals surface area contributed by atoms with Gasteiger partial charge in [-0.15, -0.1) is 0 Å². The van der Waals surface area contributed by atoms with Crippen molar-refractivity contribution >= 4 is 18.0 Å². The van der Waals surface area contributed by atoms with Gasteiger partial charge >= 0.3 is 5.97 Å². The van der Waals surface area contributed by atoms with Crippen LogP contribution in [0.4, 0.5) is 0 Å². The number of fused-ring (bicyclic) bond motifs is 5. The summed E-state index contributed by atoms with van der Waals surface area (Å²) in [6, 6.07) is 0. The lowest BCUT2D eigenvalue weighted by molar-refractivity contribution is -0.158. The van der Waals surface area contributed by atoms with Gasteiger partial charge in [-0.25, -0.2) is 0 Å². The Morgan fingerprint density at radius 2 is 1.59 bits per heavy atom. The van der Waals surface area contributed by atoms with E-state index in [2.05, 4.69) is 34.6 Å². The van der Waals surface area contributed by atoms with Crippen molar-refractivity contribution in [3.8, 4) is 0 Å². The maximum Gasteiger partial charge on any atom is 0.321 e. The van der Waals surface area contributed by atoms with Crippen LogP contribution in [0.15, 0.2) is 0 Å². The molecule has 7 heteroatoms. The topological polar surface area (TPSA) is 107 Å². The molecular weight excluding hydrogens is 452 g/mol. The number of rotatable bonds is 5. The lowest BCUT2D eigenvalue weighted by Crippen LogP contribution is -2.55. The van der Waals surface area contributed by atoms with E-state index < -0.39 is 29.8 Å². The Bertz CT molecular complexity index is 761. The average molecular weight is 499 g/mol. The van der Waals surface area contributed by atoms with Gasteiger partial charge in [-0.2, -0.15) is 0 Å². The monoisotopic (exact) mass is 498 g/mol. The Kier molecular flexibility index (Phi) is 7.48. The molecule has 0 aromatic carbocycles. The quantitative estimate of drug-likeness (QED) is 0.427. The minimum atomic E-state index is -0.876. The maximum atomic E-state index is 13.0. The van der Waals surface area contributed by atoms with Crippen LogP contribution < -0.4 is 0 Å². The Morgan fingerprint density at radius 1 is 0.941 bits per heavy atom. The highest BCUT2D eigenvalue weighted by atomic mass is 32.2. The van der Waals surface area contributed by atoms with Crippen molar-refractivity contribution in [1.29, 1.82) is 0 Å². The molecule has 196 valence electrons. The van der Waals surface area contributed by atoms with Gasteiger partial charge in [-0.1, -0.05) is 41.5 Å². The molecule has 4 aliphatic rings. The van der Waals surface area contributed by atoms with E-state index in [0.717, 1.165) is 25.7 Å². The van der Waals surface area contributed by atoms with Crippen LogP contribution in [0.25, 0.3) is 0 Å². The van der Waals surface area contributed by atoms with E-state index in [-0.39, 0.29) is 46.7 Å². The summed E-state index contributed by atoms with van der Waals surface area (Å²) in [6.45, 7) is 12.8. The van der Waals surface area contributed by atoms with E-state index >= 15 is 0 Å². The second kappa shape index (κ2) is 9.51. The Morgan fingerprint density at radius 3 is 2.24 bits per heavy atom. The molecule has 4 N–H and O–H groups in total.